The smallest absolute Gasteiger partial charge is 0.226 e. The first kappa shape index (κ1) is 18.4. The van der Waals surface area contributed by atoms with Crippen LogP contribution in [0.4, 0.5) is 22.0 Å². The van der Waals surface area contributed by atoms with Gasteiger partial charge in [0.15, 0.2) is 11.6 Å². The predicted molar refractivity (Wildman–Crippen MR) is 84.4 cm³/mol. The molecule has 1 heterocycles. The summed E-state index contributed by atoms with van der Waals surface area (Å²) in [5.74, 6) is -7.18. The molecule has 27 heavy (non-hydrogen) atoms. The van der Waals surface area contributed by atoms with E-state index in [0.717, 1.165) is 16.8 Å². The Morgan fingerprint density at radius 1 is 0.926 bits per heavy atom. The van der Waals surface area contributed by atoms with Crippen molar-refractivity contribution >= 4 is 0 Å². The van der Waals surface area contributed by atoms with Crippen molar-refractivity contribution in [3.05, 3.63) is 64.6 Å². The van der Waals surface area contributed by atoms with Crippen LogP contribution in [-0.2, 0) is 7.05 Å². The summed E-state index contributed by atoms with van der Waals surface area (Å²) in [6.07, 6.45) is 0. The molecular weight excluding hydrogens is 369 g/mol. The summed E-state index contributed by atoms with van der Waals surface area (Å²) >= 11 is 0. The van der Waals surface area contributed by atoms with Crippen molar-refractivity contribution in [3.8, 4) is 28.8 Å². The molecule has 0 unspecified atom stereocenters. The highest BCUT2D eigenvalue weighted by Crippen LogP contribution is 2.40. The second-order valence-electron chi connectivity index (χ2n) is 5.62. The lowest BCUT2D eigenvalue weighted by atomic mass is 10.0. The molecule has 0 aliphatic heterocycles. The van der Waals surface area contributed by atoms with Crippen molar-refractivity contribution in [2.45, 2.75) is 6.92 Å². The topological polar surface area (TPSA) is 50.8 Å². The first-order chi connectivity index (χ1) is 12.7. The number of nitrogens with zero attached hydrogens (tertiary/aromatic N) is 3. The minimum absolute atomic E-state index is 0.0892. The maximum Gasteiger partial charge on any atom is 0.226 e. The quantitative estimate of drug-likeness (QED) is 0.617. The fourth-order valence-corrected chi connectivity index (χ4v) is 2.64. The molecule has 138 valence electrons. The number of hydrogen-bond acceptors (Lipinski definition) is 3. The number of halogens is 5. The summed E-state index contributed by atoms with van der Waals surface area (Å²) in [4.78, 5) is 0. The summed E-state index contributed by atoms with van der Waals surface area (Å²) in [5.41, 5.74) is -1.05. The third-order valence-corrected chi connectivity index (χ3v) is 3.75. The molecule has 2 aromatic carbocycles. The molecule has 0 saturated heterocycles. The molecule has 0 spiro atoms. The lowest BCUT2D eigenvalue weighted by molar-refractivity contribution is 0.378. The monoisotopic (exact) mass is 379 g/mol. The van der Waals surface area contributed by atoms with Gasteiger partial charge in [-0.15, -0.1) is 0 Å². The van der Waals surface area contributed by atoms with Gasteiger partial charge in [0.25, 0.3) is 0 Å². The number of aromatic nitrogens is 2. The summed E-state index contributed by atoms with van der Waals surface area (Å²) in [6, 6.07) is 4.03. The molecule has 0 radical (unpaired) electrons. The fourth-order valence-electron chi connectivity index (χ4n) is 2.64. The molecule has 3 aromatic rings. The number of nitriles is 1. The molecule has 0 N–H and O–H groups in total. The maximum atomic E-state index is 14.2. The maximum absolute atomic E-state index is 14.2. The molecule has 3 rings (SSSR count). The van der Waals surface area contributed by atoms with Gasteiger partial charge in [0.2, 0.25) is 11.6 Å². The Morgan fingerprint density at radius 3 is 2.00 bits per heavy atom. The van der Waals surface area contributed by atoms with Gasteiger partial charge in [-0.3, -0.25) is 0 Å². The number of aryl methyl sites for hydroxylation is 2. The molecule has 9 heteroatoms. The largest absolute Gasteiger partial charge is 0.432 e. The second kappa shape index (κ2) is 6.72. The standard InChI is InChI=1S/C18H10F5N3O/c1-8-15(16-11(20)5-10(19)6-12(16)21)18(26(2)25-8)27-17-13(22)3-9(7-24)4-14(17)23/h3-6H,1-2H3. The van der Waals surface area contributed by atoms with Crippen molar-refractivity contribution in [3.63, 3.8) is 0 Å². The second-order valence-corrected chi connectivity index (χ2v) is 5.62. The summed E-state index contributed by atoms with van der Waals surface area (Å²) in [6.45, 7) is 1.40. The van der Waals surface area contributed by atoms with Crippen LogP contribution in [0.3, 0.4) is 0 Å². The van der Waals surface area contributed by atoms with Crippen molar-refractivity contribution < 1.29 is 26.7 Å². The van der Waals surface area contributed by atoms with Gasteiger partial charge in [0, 0.05) is 19.2 Å². The van der Waals surface area contributed by atoms with E-state index in [1.807, 2.05) is 0 Å². The van der Waals surface area contributed by atoms with Gasteiger partial charge in [-0.2, -0.15) is 10.4 Å². The predicted octanol–water partition coefficient (Wildman–Crippen LogP) is 4.76. The molecule has 0 aliphatic carbocycles. The Bertz CT molecular complexity index is 1060. The molecule has 0 saturated carbocycles. The molecule has 0 amide bonds. The van der Waals surface area contributed by atoms with E-state index >= 15 is 0 Å². The number of rotatable bonds is 3. The molecule has 0 aliphatic rings. The third kappa shape index (κ3) is 3.21. The third-order valence-electron chi connectivity index (χ3n) is 3.75. The SMILES string of the molecule is Cc1nn(C)c(Oc2c(F)cc(C#N)cc2F)c1-c1c(F)cc(F)cc1F. The van der Waals surface area contributed by atoms with E-state index in [4.69, 9.17) is 10.00 Å². The Kier molecular flexibility index (Phi) is 4.57. The minimum atomic E-state index is -1.23. The van der Waals surface area contributed by atoms with Crippen molar-refractivity contribution in [1.29, 1.82) is 5.26 Å². The van der Waals surface area contributed by atoms with E-state index in [1.165, 1.54) is 14.0 Å². The molecule has 4 nitrogen and oxygen atoms in total. The van der Waals surface area contributed by atoms with Crippen LogP contribution < -0.4 is 4.74 Å². The van der Waals surface area contributed by atoms with Crippen molar-refractivity contribution in [2.24, 2.45) is 7.05 Å². The van der Waals surface area contributed by atoms with Gasteiger partial charge >= 0.3 is 0 Å². The fraction of sp³-hybridized carbons (Fsp3) is 0.111. The normalized spacial score (nSPS) is 10.7. The Balaban J connectivity index is 2.20. The summed E-state index contributed by atoms with van der Waals surface area (Å²) in [5, 5.41) is 12.7. The summed E-state index contributed by atoms with van der Waals surface area (Å²) in [7, 11) is 1.34. The molecule has 0 atom stereocenters. The van der Waals surface area contributed by atoms with Crippen LogP contribution in [0.5, 0.6) is 11.6 Å². The van der Waals surface area contributed by atoms with Crippen LogP contribution >= 0.6 is 0 Å². The van der Waals surface area contributed by atoms with E-state index < -0.39 is 40.4 Å². The number of hydrogen-bond donors (Lipinski definition) is 0. The highest BCUT2D eigenvalue weighted by Gasteiger charge is 2.26. The average Bonchev–Trinajstić information content (AvgIpc) is 2.84. The zero-order valence-corrected chi connectivity index (χ0v) is 13.9. The van der Waals surface area contributed by atoms with Gasteiger partial charge in [-0.05, 0) is 19.1 Å². The van der Waals surface area contributed by atoms with Gasteiger partial charge in [-0.25, -0.2) is 26.6 Å². The number of ether oxygens (including phenoxy) is 1. The zero-order chi connectivity index (χ0) is 19.9. The van der Waals surface area contributed by atoms with Gasteiger partial charge in [0.1, 0.15) is 17.5 Å². The number of benzene rings is 2. The minimum Gasteiger partial charge on any atom is -0.432 e. The lowest BCUT2D eigenvalue weighted by Gasteiger charge is -2.12. The van der Waals surface area contributed by atoms with Crippen molar-refractivity contribution in [1.82, 2.24) is 9.78 Å². The highest BCUT2D eigenvalue weighted by atomic mass is 19.2. The van der Waals surface area contributed by atoms with E-state index in [2.05, 4.69) is 5.10 Å². The van der Waals surface area contributed by atoms with Crippen LogP contribution in [0.15, 0.2) is 24.3 Å². The van der Waals surface area contributed by atoms with Crippen LogP contribution in [0.2, 0.25) is 0 Å². The Hall–Kier alpha value is -3.41. The van der Waals surface area contributed by atoms with Crippen LogP contribution in [0.1, 0.15) is 11.3 Å². The van der Waals surface area contributed by atoms with E-state index in [0.29, 0.717) is 12.1 Å². The lowest BCUT2D eigenvalue weighted by Crippen LogP contribution is -2.01. The first-order valence-electron chi connectivity index (χ1n) is 7.48. The van der Waals surface area contributed by atoms with E-state index in [-0.39, 0.29) is 22.7 Å². The van der Waals surface area contributed by atoms with E-state index in [9.17, 15) is 22.0 Å². The van der Waals surface area contributed by atoms with E-state index in [1.54, 1.807) is 6.07 Å². The van der Waals surface area contributed by atoms with Gasteiger partial charge in [0.05, 0.1) is 28.5 Å². The zero-order valence-electron chi connectivity index (χ0n) is 13.9. The molecule has 0 bridgehead atoms. The molecule has 1 aromatic heterocycles. The first-order valence-corrected chi connectivity index (χ1v) is 7.48. The summed E-state index contributed by atoms with van der Waals surface area (Å²) < 4.78 is 76.1. The molecular formula is C18H10F5N3O. The van der Waals surface area contributed by atoms with Gasteiger partial charge < -0.3 is 4.74 Å². The van der Waals surface area contributed by atoms with Crippen molar-refractivity contribution in [2.75, 3.05) is 0 Å². The highest BCUT2D eigenvalue weighted by molar-refractivity contribution is 5.73. The van der Waals surface area contributed by atoms with Crippen LogP contribution in [0, 0.1) is 47.3 Å². The average molecular weight is 379 g/mol. The Morgan fingerprint density at radius 2 is 1.48 bits per heavy atom. The van der Waals surface area contributed by atoms with Crippen LogP contribution in [-0.4, -0.2) is 9.78 Å². The van der Waals surface area contributed by atoms with Crippen LogP contribution in [0.25, 0.3) is 11.1 Å². The van der Waals surface area contributed by atoms with Gasteiger partial charge in [-0.1, -0.05) is 0 Å². The molecule has 0 fully saturated rings. The Labute approximate surface area is 150 Å².